The number of nitrogens with zero attached hydrogens (tertiary/aromatic N) is 1. The van der Waals surface area contributed by atoms with Crippen LogP contribution in [0.5, 0.6) is 11.5 Å². The molecule has 0 amide bonds. The monoisotopic (exact) mass is 335 g/mol. The molecule has 0 unspecified atom stereocenters. The van der Waals surface area contributed by atoms with Gasteiger partial charge >= 0.3 is 0 Å². The van der Waals surface area contributed by atoms with E-state index in [1.165, 1.54) is 13.3 Å². The number of methoxy groups -OCH3 is 2. The molecule has 0 aliphatic rings. The number of carbonyl (C=O) groups excluding carboxylic acids is 1. The van der Waals surface area contributed by atoms with Crippen molar-refractivity contribution in [1.29, 1.82) is 0 Å². The summed E-state index contributed by atoms with van der Waals surface area (Å²) in [6.07, 6.45) is 3.35. The van der Waals surface area contributed by atoms with Gasteiger partial charge in [-0.25, -0.2) is 0 Å². The van der Waals surface area contributed by atoms with Crippen molar-refractivity contribution < 1.29 is 14.3 Å². The molecule has 0 aliphatic carbocycles. The van der Waals surface area contributed by atoms with E-state index < -0.39 is 0 Å². The van der Waals surface area contributed by atoms with Crippen LogP contribution in [0.25, 0.3) is 0 Å². The average molecular weight is 336 g/mol. The fraction of sp³-hybridized carbons (Fsp3) is 0.200. The van der Waals surface area contributed by atoms with E-state index in [4.69, 9.17) is 9.47 Å². The second-order valence-corrected chi connectivity index (χ2v) is 5.05. The molecular formula is C15H14BrNO3. The zero-order valence-corrected chi connectivity index (χ0v) is 12.8. The molecule has 0 radical (unpaired) electrons. The zero-order valence-electron chi connectivity index (χ0n) is 11.2. The molecule has 0 fully saturated rings. The number of Topliss-reactive ketones (excluding diaryl/α,β-unsaturated/α-hetero) is 1. The minimum Gasteiger partial charge on any atom is -0.496 e. The van der Waals surface area contributed by atoms with E-state index in [2.05, 4.69) is 20.9 Å². The first kappa shape index (κ1) is 14.5. The maximum Gasteiger partial charge on any atom is 0.171 e. The van der Waals surface area contributed by atoms with Crippen molar-refractivity contribution in [1.82, 2.24) is 4.98 Å². The number of rotatable bonds is 5. The van der Waals surface area contributed by atoms with Crippen LogP contribution >= 0.6 is 15.9 Å². The maximum atomic E-state index is 12.4. The van der Waals surface area contributed by atoms with Gasteiger partial charge in [0.1, 0.15) is 11.5 Å². The molecule has 2 rings (SSSR count). The van der Waals surface area contributed by atoms with Crippen LogP contribution in [0.4, 0.5) is 0 Å². The fourth-order valence-corrected chi connectivity index (χ4v) is 2.33. The third-order valence-corrected chi connectivity index (χ3v) is 3.39. The van der Waals surface area contributed by atoms with Crippen molar-refractivity contribution >= 4 is 21.7 Å². The van der Waals surface area contributed by atoms with Gasteiger partial charge in [-0.1, -0.05) is 15.9 Å². The molecule has 1 aromatic heterocycles. The fourth-order valence-electron chi connectivity index (χ4n) is 1.93. The third kappa shape index (κ3) is 3.17. The lowest BCUT2D eigenvalue weighted by molar-refractivity contribution is 0.0989. The van der Waals surface area contributed by atoms with E-state index in [1.54, 1.807) is 19.4 Å². The summed E-state index contributed by atoms with van der Waals surface area (Å²) < 4.78 is 11.3. The Morgan fingerprint density at radius 1 is 1.20 bits per heavy atom. The van der Waals surface area contributed by atoms with Crippen molar-refractivity contribution in [2.24, 2.45) is 0 Å². The molecule has 0 aliphatic heterocycles. The van der Waals surface area contributed by atoms with Crippen LogP contribution in [-0.4, -0.2) is 25.0 Å². The molecule has 1 aromatic carbocycles. The predicted molar refractivity (Wildman–Crippen MR) is 79.5 cm³/mol. The second kappa shape index (κ2) is 6.52. The summed E-state index contributed by atoms with van der Waals surface area (Å²) in [5.74, 6) is 1.13. The van der Waals surface area contributed by atoms with Crippen molar-refractivity contribution in [3.05, 3.63) is 52.3 Å². The number of ether oxygens (including phenoxy) is 2. The average Bonchev–Trinajstić information content (AvgIpc) is 2.47. The lowest BCUT2D eigenvalue weighted by Crippen LogP contribution is -2.07. The molecule has 104 valence electrons. The molecule has 1 heterocycles. The Labute approximate surface area is 125 Å². The second-order valence-electron chi connectivity index (χ2n) is 4.13. The van der Waals surface area contributed by atoms with Gasteiger partial charge in [-0.05, 0) is 24.3 Å². The molecular weight excluding hydrogens is 322 g/mol. The number of carbonyl (C=O) groups is 1. The first-order valence-electron chi connectivity index (χ1n) is 5.99. The third-order valence-electron chi connectivity index (χ3n) is 2.90. The van der Waals surface area contributed by atoms with Crippen molar-refractivity contribution in [2.45, 2.75) is 6.42 Å². The lowest BCUT2D eigenvalue weighted by atomic mass is 10.0. The molecule has 0 saturated heterocycles. The summed E-state index contributed by atoms with van der Waals surface area (Å²) in [7, 11) is 3.11. The highest BCUT2D eigenvalue weighted by molar-refractivity contribution is 9.10. The van der Waals surface area contributed by atoms with E-state index in [1.807, 2.05) is 18.2 Å². The summed E-state index contributed by atoms with van der Waals surface area (Å²) in [5, 5.41) is 0. The van der Waals surface area contributed by atoms with E-state index in [0.717, 1.165) is 10.0 Å². The summed E-state index contributed by atoms with van der Waals surface area (Å²) in [4.78, 5) is 16.3. The number of benzene rings is 1. The van der Waals surface area contributed by atoms with Gasteiger partial charge in [0.15, 0.2) is 5.78 Å². The molecule has 20 heavy (non-hydrogen) atoms. The topological polar surface area (TPSA) is 48.4 Å². The Balaban J connectivity index is 2.30. The Hall–Kier alpha value is -1.88. The Kier molecular flexibility index (Phi) is 4.74. The number of aromatic nitrogens is 1. The van der Waals surface area contributed by atoms with E-state index in [-0.39, 0.29) is 12.2 Å². The predicted octanol–water partition coefficient (Wildman–Crippen LogP) is 3.29. The van der Waals surface area contributed by atoms with Crippen molar-refractivity contribution in [3.63, 3.8) is 0 Å². The summed E-state index contributed by atoms with van der Waals surface area (Å²) in [6, 6.07) is 7.24. The highest BCUT2D eigenvalue weighted by Gasteiger charge is 2.15. The molecule has 2 aromatic rings. The Morgan fingerprint density at radius 3 is 2.65 bits per heavy atom. The Bertz CT molecular complexity index is 628. The maximum absolute atomic E-state index is 12.4. The summed E-state index contributed by atoms with van der Waals surface area (Å²) in [5.41, 5.74) is 1.34. The number of hydrogen-bond donors (Lipinski definition) is 0. The van der Waals surface area contributed by atoms with Gasteiger partial charge in [0.05, 0.1) is 26.0 Å². The number of pyridine rings is 1. The molecule has 0 atom stereocenters. The lowest BCUT2D eigenvalue weighted by Gasteiger charge is -2.10. The molecule has 0 bridgehead atoms. The van der Waals surface area contributed by atoms with Crippen molar-refractivity contribution in [3.8, 4) is 11.5 Å². The minimum atomic E-state index is -0.0411. The molecule has 0 saturated carbocycles. The number of ketones is 1. The van der Waals surface area contributed by atoms with Crippen LogP contribution < -0.4 is 9.47 Å². The van der Waals surface area contributed by atoms with Gasteiger partial charge in [-0.15, -0.1) is 0 Å². The largest absolute Gasteiger partial charge is 0.496 e. The van der Waals surface area contributed by atoms with Crippen LogP contribution in [0, 0.1) is 0 Å². The highest BCUT2D eigenvalue weighted by atomic mass is 79.9. The minimum absolute atomic E-state index is 0.0411. The molecule has 4 nitrogen and oxygen atoms in total. The number of hydrogen-bond acceptors (Lipinski definition) is 4. The van der Waals surface area contributed by atoms with Crippen molar-refractivity contribution in [2.75, 3.05) is 14.2 Å². The van der Waals surface area contributed by atoms with Crippen LogP contribution in [0.15, 0.2) is 41.1 Å². The summed E-state index contributed by atoms with van der Waals surface area (Å²) in [6.45, 7) is 0. The number of halogens is 1. The first-order chi connectivity index (χ1) is 9.65. The first-order valence-corrected chi connectivity index (χ1v) is 6.78. The van der Waals surface area contributed by atoms with E-state index in [0.29, 0.717) is 17.1 Å². The van der Waals surface area contributed by atoms with Gasteiger partial charge in [0, 0.05) is 22.7 Å². The van der Waals surface area contributed by atoms with Crippen LogP contribution in [-0.2, 0) is 6.42 Å². The van der Waals surface area contributed by atoms with Crippen LogP contribution in [0.1, 0.15) is 15.9 Å². The van der Waals surface area contributed by atoms with Gasteiger partial charge < -0.3 is 9.47 Å². The van der Waals surface area contributed by atoms with E-state index in [9.17, 15) is 4.79 Å². The van der Waals surface area contributed by atoms with Crippen LogP contribution in [0.2, 0.25) is 0 Å². The quantitative estimate of drug-likeness (QED) is 0.786. The SMILES string of the molecule is COc1ccc(Br)cc1CC(=O)c1ccncc1OC. The standard InChI is InChI=1S/C15H14BrNO3/c1-19-14-4-3-11(16)7-10(14)8-13(18)12-5-6-17-9-15(12)20-2/h3-7,9H,8H2,1-2H3. The molecule has 0 spiro atoms. The van der Waals surface area contributed by atoms with Crippen LogP contribution in [0.3, 0.4) is 0 Å². The van der Waals surface area contributed by atoms with Gasteiger partial charge in [-0.3, -0.25) is 9.78 Å². The smallest absolute Gasteiger partial charge is 0.171 e. The zero-order chi connectivity index (χ0) is 14.5. The van der Waals surface area contributed by atoms with Gasteiger partial charge in [-0.2, -0.15) is 0 Å². The normalized spacial score (nSPS) is 10.2. The summed E-state index contributed by atoms with van der Waals surface area (Å²) >= 11 is 3.40. The Morgan fingerprint density at radius 2 is 1.95 bits per heavy atom. The van der Waals surface area contributed by atoms with Gasteiger partial charge in [0.25, 0.3) is 0 Å². The van der Waals surface area contributed by atoms with Gasteiger partial charge in [0.2, 0.25) is 0 Å². The molecule has 0 N–H and O–H groups in total. The van der Waals surface area contributed by atoms with E-state index >= 15 is 0 Å². The molecule has 5 heteroatoms. The highest BCUT2D eigenvalue weighted by Crippen LogP contribution is 2.26.